The Bertz CT molecular complexity index is 574. The molecule has 0 saturated carbocycles. The largest absolute Gasteiger partial charge is 0.398 e. The number of nitrogens with one attached hydrogen (secondary N) is 1. The van der Waals surface area contributed by atoms with Crippen molar-refractivity contribution in [3.8, 4) is 0 Å². The average Bonchev–Trinajstić information content (AvgIpc) is 2.80. The number of amides is 1. The summed E-state index contributed by atoms with van der Waals surface area (Å²) in [5, 5.41) is 6.87. The average molecular weight is 244 g/mol. The first-order valence-corrected chi connectivity index (χ1v) is 5.80. The van der Waals surface area contributed by atoms with Crippen molar-refractivity contribution in [2.45, 2.75) is 20.4 Å². The molecule has 5 heteroatoms. The van der Waals surface area contributed by atoms with Gasteiger partial charge in [-0.1, -0.05) is 12.1 Å². The van der Waals surface area contributed by atoms with Gasteiger partial charge in [-0.25, -0.2) is 0 Å². The van der Waals surface area contributed by atoms with Crippen LogP contribution in [0.4, 0.5) is 11.4 Å². The number of nitrogen functional groups attached to an aromatic ring is 1. The van der Waals surface area contributed by atoms with E-state index in [9.17, 15) is 4.79 Å². The van der Waals surface area contributed by atoms with Gasteiger partial charge in [0.05, 0.1) is 17.4 Å². The number of hydrogen-bond acceptors (Lipinski definition) is 3. The van der Waals surface area contributed by atoms with Crippen LogP contribution in [0, 0.1) is 6.92 Å². The summed E-state index contributed by atoms with van der Waals surface area (Å²) in [5.74, 6) is -0.216. The van der Waals surface area contributed by atoms with Crippen LogP contribution in [-0.4, -0.2) is 15.7 Å². The van der Waals surface area contributed by atoms with Gasteiger partial charge in [0.1, 0.15) is 0 Å². The molecule has 0 radical (unpaired) electrons. The van der Waals surface area contributed by atoms with Gasteiger partial charge in [0, 0.05) is 18.4 Å². The van der Waals surface area contributed by atoms with Crippen molar-refractivity contribution in [3.05, 3.63) is 41.7 Å². The standard InChI is InChI=1S/C13H16N4O/c1-3-17-8-10(7-15-17)16-13(18)11-6-4-5-9(2)12(11)14/h4-8H,3,14H2,1-2H3,(H,16,18). The van der Waals surface area contributed by atoms with E-state index in [0.29, 0.717) is 16.9 Å². The molecular weight excluding hydrogens is 228 g/mol. The van der Waals surface area contributed by atoms with Crippen LogP contribution >= 0.6 is 0 Å². The molecule has 0 spiro atoms. The Morgan fingerprint density at radius 3 is 2.94 bits per heavy atom. The summed E-state index contributed by atoms with van der Waals surface area (Å²) in [5.41, 5.74) is 8.45. The summed E-state index contributed by atoms with van der Waals surface area (Å²) in [6.07, 6.45) is 3.40. The third-order valence-corrected chi connectivity index (χ3v) is 2.78. The highest BCUT2D eigenvalue weighted by Gasteiger charge is 2.11. The lowest BCUT2D eigenvalue weighted by atomic mass is 10.1. The monoisotopic (exact) mass is 244 g/mol. The van der Waals surface area contributed by atoms with E-state index in [1.807, 2.05) is 26.0 Å². The molecule has 5 nitrogen and oxygen atoms in total. The van der Waals surface area contributed by atoms with Crippen LogP contribution in [0.3, 0.4) is 0 Å². The zero-order valence-electron chi connectivity index (χ0n) is 10.5. The number of carbonyl (C=O) groups is 1. The second kappa shape index (κ2) is 4.91. The smallest absolute Gasteiger partial charge is 0.257 e. The first-order chi connectivity index (χ1) is 8.61. The Morgan fingerprint density at radius 2 is 2.28 bits per heavy atom. The second-order valence-electron chi connectivity index (χ2n) is 4.07. The van der Waals surface area contributed by atoms with E-state index in [4.69, 9.17) is 5.73 Å². The highest BCUT2D eigenvalue weighted by molar-refractivity contribution is 6.07. The number of carbonyl (C=O) groups excluding carboxylic acids is 1. The molecule has 1 heterocycles. The number of aryl methyl sites for hydroxylation is 2. The van der Waals surface area contributed by atoms with Crippen molar-refractivity contribution in [2.24, 2.45) is 0 Å². The van der Waals surface area contributed by atoms with Gasteiger partial charge in [-0.3, -0.25) is 9.48 Å². The van der Waals surface area contributed by atoms with Gasteiger partial charge >= 0.3 is 0 Å². The Hall–Kier alpha value is -2.30. The van der Waals surface area contributed by atoms with Crippen molar-refractivity contribution < 1.29 is 4.79 Å². The van der Waals surface area contributed by atoms with Crippen LogP contribution in [0.5, 0.6) is 0 Å². The third kappa shape index (κ3) is 2.34. The number of nitrogens with two attached hydrogens (primary N) is 1. The fourth-order valence-corrected chi connectivity index (χ4v) is 1.68. The van der Waals surface area contributed by atoms with E-state index >= 15 is 0 Å². The van der Waals surface area contributed by atoms with Gasteiger partial charge in [0.15, 0.2) is 0 Å². The molecule has 0 fully saturated rings. The summed E-state index contributed by atoms with van der Waals surface area (Å²) in [7, 11) is 0. The van der Waals surface area contributed by atoms with Gasteiger partial charge in [-0.2, -0.15) is 5.10 Å². The number of benzene rings is 1. The maximum absolute atomic E-state index is 12.1. The molecule has 2 aromatic rings. The topological polar surface area (TPSA) is 72.9 Å². The van der Waals surface area contributed by atoms with E-state index in [1.54, 1.807) is 23.1 Å². The van der Waals surface area contributed by atoms with Crippen molar-refractivity contribution in [1.82, 2.24) is 9.78 Å². The molecule has 3 N–H and O–H groups in total. The Morgan fingerprint density at radius 1 is 1.50 bits per heavy atom. The maximum atomic E-state index is 12.1. The molecule has 2 rings (SSSR count). The summed E-state index contributed by atoms with van der Waals surface area (Å²) in [6.45, 7) is 4.63. The zero-order valence-corrected chi connectivity index (χ0v) is 10.5. The highest BCUT2D eigenvalue weighted by atomic mass is 16.1. The van der Waals surface area contributed by atoms with Gasteiger partial charge in [-0.15, -0.1) is 0 Å². The number of aromatic nitrogens is 2. The first kappa shape index (κ1) is 12.2. The van der Waals surface area contributed by atoms with E-state index in [2.05, 4.69) is 10.4 Å². The fourth-order valence-electron chi connectivity index (χ4n) is 1.68. The lowest BCUT2D eigenvalue weighted by Gasteiger charge is -2.07. The van der Waals surface area contributed by atoms with Crippen LogP contribution in [-0.2, 0) is 6.54 Å². The molecule has 0 bridgehead atoms. The van der Waals surface area contributed by atoms with Crippen molar-refractivity contribution in [1.29, 1.82) is 0 Å². The molecule has 0 aliphatic heterocycles. The third-order valence-electron chi connectivity index (χ3n) is 2.78. The van der Waals surface area contributed by atoms with Crippen LogP contribution < -0.4 is 11.1 Å². The highest BCUT2D eigenvalue weighted by Crippen LogP contribution is 2.18. The lowest BCUT2D eigenvalue weighted by Crippen LogP contribution is -2.14. The summed E-state index contributed by atoms with van der Waals surface area (Å²) >= 11 is 0. The molecule has 0 aliphatic carbocycles. The normalized spacial score (nSPS) is 10.3. The van der Waals surface area contributed by atoms with Gasteiger partial charge in [-0.05, 0) is 25.5 Å². The molecule has 0 aliphatic rings. The van der Waals surface area contributed by atoms with Crippen LogP contribution in [0.25, 0.3) is 0 Å². The predicted octanol–water partition coefficient (Wildman–Crippen LogP) is 2.05. The Labute approximate surface area is 106 Å². The number of hydrogen-bond donors (Lipinski definition) is 2. The molecule has 94 valence electrons. The Kier molecular flexibility index (Phi) is 3.32. The molecule has 18 heavy (non-hydrogen) atoms. The van der Waals surface area contributed by atoms with E-state index < -0.39 is 0 Å². The summed E-state index contributed by atoms with van der Waals surface area (Å²) in [4.78, 5) is 12.1. The quantitative estimate of drug-likeness (QED) is 0.811. The van der Waals surface area contributed by atoms with E-state index in [-0.39, 0.29) is 5.91 Å². The van der Waals surface area contributed by atoms with Crippen LogP contribution in [0.1, 0.15) is 22.8 Å². The minimum atomic E-state index is -0.216. The number of para-hydroxylation sites is 1. The molecular formula is C13H16N4O. The molecule has 1 amide bonds. The number of rotatable bonds is 3. The molecule has 0 saturated heterocycles. The minimum Gasteiger partial charge on any atom is -0.398 e. The SMILES string of the molecule is CCn1cc(NC(=O)c2cccc(C)c2N)cn1. The molecule has 1 aromatic heterocycles. The Balaban J connectivity index is 2.19. The van der Waals surface area contributed by atoms with E-state index in [0.717, 1.165) is 12.1 Å². The van der Waals surface area contributed by atoms with Crippen LogP contribution in [0.2, 0.25) is 0 Å². The number of nitrogens with zero attached hydrogens (tertiary/aromatic N) is 2. The van der Waals surface area contributed by atoms with Gasteiger partial charge in [0.25, 0.3) is 5.91 Å². The number of anilines is 2. The maximum Gasteiger partial charge on any atom is 0.257 e. The fraction of sp³-hybridized carbons (Fsp3) is 0.231. The minimum absolute atomic E-state index is 0.216. The van der Waals surface area contributed by atoms with Crippen molar-refractivity contribution in [2.75, 3.05) is 11.1 Å². The predicted molar refractivity (Wildman–Crippen MR) is 71.4 cm³/mol. The zero-order chi connectivity index (χ0) is 13.1. The summed E-state index contributed by atoms with van der Waals surface area (Å²) in [6, 6.07) is 5.40. The summed E-state index contributed by atoms with van der Waals surface area (Å²) < 4.78 is 1.75. The van der Waals surface area contributed by atoms with Crippen molar-refractivity contribution >= 4 is 17.3 Å². The van der Waals surface area contributed by atoms with Crippen molar-refractivity contribution in [3.63, 3.8) is 0 Å². The first-order valence-electron chi connectivity index (χ1n) is 5.80. The lowest BCUT2D eigenvalue weighted by molar-refractivity contribution is 0.102. The molecule has 1 aromatic carbocycles. The van der Waals surface area contributed by atoms with Gasteiger partial charge in [0.2, 0.25) is 0 Å². The second-order valence-corrected chi connectivity index (χ2v) is 4.07. The van der Waals surface area contributed by atoms with E-state index in [1.165, 1.54) is 0 Å². The van der Waals surface area contributed by atoms with Gasteiger partial charge < -0.3 is 11.1 Å². The molecule has 0 atom stereocenters. The van der Waals surface area contributed by atoms with Crippen LogP contribution in [0.15, 0.2) is 30.6 Å². The molecule has 0 unspecified atom stereocenters.